The highest BCUT2D eigenvalue weighted by molar-refractivity contribution is 7.85. The van der Waals surface area contributed by atoms with Crippen LogP contribution in [-0.4, -0.2) is 52.7 Å². The molecule has 1 aromatic carbocycles. The van der Waals surface area contributed by atoms with Crippen molar-refractivity contribution in [2.45, 2.75) is 12.8 Å². The maximum Gasteiger partial charge on any atom is 0.225 e. The molecule has 3 rings (SSSR count). The van der Waals surface area contributed by atoms with Crippen molar-refractivity contribution in [2.24, 2.45) is 0 Å². The molecule has 0 unspecified atom stereocenters. The van der Waals surface area contributed by atoms with Crippen LogP contribution in [0.4, 0.5) is 0 Å². The lowest BCUT2D eigenvalue weighted by molar-refractivity contribution is -0.120. The maximum absolute atomic E-state index is 12.2. The third kappa shape index (κ3) is 6.57. The second-order valence-corrected chi connectivity index (χ2v) is 10.2. The van der Waals surface area contributed by atoms with E-state index in [1.54, 1.807) is 17.4 Å². The van der Waals surface area contributed by atoms with Crippen LogP contribution in [0.5, 0.6) is 0 Å². The fraction of sp³-hybridized carbons (Fsp3) is 0.421. The molecule has 0 saturated carbocycles. The van der Waals surface area contributed by atoms with E-state index in [0.717, 1.165) is 52.9 Å². The molecule has 0 radical (unpaired) electrons. The summed E-state index contributed by atoms with van der Waals surface area (Å²) in [5.41, 5.74) is 0.964. The van der Waals surface area contributed by atoms with Gasteiger partial charge in [0.1, 0.15) is 0 Å². The molecule has 2 heterocycles. The normalized spacial score (nSPS) is 15.8. The van der Waals surface area contributed by atoms with Gasteiger partial charge < -0.3 is 10.2 Å². The van der Waals surface area contributed by atoms with Gasteiger partial charge in [-0.2, -0.15) is 0 Å². The Morgan fingerprint density at radius 3 is 2.56 bits per heavy atom. The molecular weight excluding hydrogens is 423 g/mol. The van der Waals surface area contributed by atoms with Gasteiger partial charge in [-0.1, -0.05) is 23.2 Å². The van der Waals surface area contributed by atoms with E-state index in [-0.39, 0.29) is 5.91 Å². The minimum absolute atomic E-state index is 0.0345. The van der Waals surface area contributed by atoms with Crippen LogP contribution in [0.15, 0.2) is 30.3 Å². The zero-order valence-corrected chi connectivity index (χ0v) is 18.0. The molecule has 0 bridgehead atoms. The number of nitrogens with zero attached hydrogens (tertiary/aromatic N) is 1. The van der Waals surface area contributed by atoms with Crippen LogP contribution in [0.1, 0.15) is 11.3 Å². The Bertz CT molecular complexity index is 796. The van der Waals surface area contributed by atoms with Gasteiger partial charge in [-0.15, -0.1) is 11.3 Å². The molecule has 1 saturated heterocycles. The summed E-state index contributed by atoms with van der Waals surface area (Å²) >= 11 is 13.7. The fourth-order valence-corrected chi connectivity index (χ4v) is 5.62. The monoisotopic (exact) mass is 444 g/mol. The summed E-state index contributed by atoms with van der Waals surface area (Å²) < 4.78 is 11.3. The van der Waals surface area contributed by atoms with Crippen molar-refractivity contribution < 1.29 is 9.00 Å². The zero-order chi connectivity index (χ0) is 19.2. The second kappa shape index (κ2) is 10.0. The smallest absolute Gasteiger partial charge is 0.225 e. The number of rotatable bonds is 7. The largest absolute Gasteiger partial charge is 0.356 e. The van der Waals surface area contributed by atoms with E-state index < -0.39 is 10.8 Å². The van der Waals surface area contributed by atoms with Crippen LogP contribution >= 0.6 is 34.5 Å². The minimum Gasteiger partial charge on any atom is -0.356 e. The first-order chi connectivity index (χ1) is 13.0. The number of halogens is 2. The molecule has 8 heteroatoms. The Kier molecular flexibility index (Phi) is 7.73. The van der Waals surface area contributed by atoms with Gasteiger partial charge in [-0.3, -0.25) is 9.00 Å². The van der Waals surface area contributed by atoms with Gasteiger partial charge in [0.2, 0.25) is 5.91 Å². The molecule has 1 aromatic heterocycles. The van der Waals surface area contributed by atoms with Gasteiger partial charge in [-0.05, 0) is 48.9 Å². The van der Waals surface area contributed by atoms with Gasteiger partial charge in [-0.25, -0.2) is 0 Å². The van der Waals surface area contributed by atoms with E-state index in [4.69, 9.17) is 23.2 Å². The van der Waals surface area contributed by atoms with E-state index in [0.29, 0.717) is 23.0 Å². The van der Waals surface area contributed by atoms with Gasteiger partial charge in [0.25, 0.3) is 0 Å². The van der Waals surface area contributed by atoms with Crippen LogP contribution in [-0.2, 0) is 22.0 Å². The van der Waals surface area contributed by atoms with Crippen LogP contribution in [0.2, 0.25) is 10.0 Å². The minimum atomic E-state index is -0.638. The quantitative estimate of drug-likeness (QED) is 0.659. The highest BCUT2D eigenvalue weighted by atomic mass is 35.5. The van der Waals surface area contributed by atoms with E-state index in [1.165, 1.54) is 0 Å². The SMILES string of the molecule is O=C(Cc1ccc(-c2cc(Cl)cc(Cl)c2)s1)NCCCN1CCS(=O)CC1. The highest BCUT2D eigenvalue weighted by Crippen LogP contribution is 2.32. The van der Waals surface area contributed by atoms with E-state index in [1.807, 2.05) is 24.3 Å². The lowest BCUT2D eigenvalue weighted by Gasteiger charge is -2.25. The third-order valence-electron chi connectivity index (χ3n) is 4.39. The van der Waals surface area contributed by atoms with Crippen LogP contribution in [0.25, 0.3) is 10.4 Å². The number of nitrogens with one attached hydrogen (secondary N) is 1. The Morgan fingerprint density at radius 1 is 1.15 bits per heavy atom. The Morgan fingerprint density at radius 2 is 1.85 bits per heavy atom. The van der Waals surface area contributed by atoms with Gasteiger partial charge in [0, 0.05) is 61.7 Å². The lowest BCUT2D eigenvalue weighted by Crippen LogP contribution is -2.39. The molecule has 0 spiro atoms. The first-order valence-electron chi connectivity index (χ1n) is 8.89. The van der Waals surface area contributed by atoms with Gasteiger partial charge in [0.15, 0.2) is 0 Å². The van der Waals surface area contributed by atoms with Crippen LogP contribution < -0.4 is 5.32 Å². The van der Waals surface area contributed by atoms with Crippen molar-refractivity contribution in [1.82, 2.24) is 10.2 Å². The number of hydrogen-bond acceptors (Lipinski definition) is 4. The molecule has 1 aliphatic rings. The summed E-state index contributed by atoms with van der Waals surface area (Å²) in [7, 11) is -0.638. The zero-order valence-electron chi connectivity index (χ0n) is 14.9. The van der Waals surface area contributed by atoms with E-state index in [2.05, 4.69) is 10.2 Å². The summed E-state index contributed by atoms with van der Waals surface area (Å²) in [6.07, 6.45) is 1.29. The predicted octanol–water partition coefficient (Wildman–Crippen LogP) is 3.84. The predicted molar refractivity (Wildman–Crippen MR) is 115 cm³/mol. The first-order valence-corrected chi connectivity index (χ1v) is 11.9. The summed E-state index contributed by atoms with van der Waals surface area (Å²) in [4.78, 5) is 16.5. The van der Waals surface area contributed by atoms with Crippen molar-refractivity contribution in [3.63, 3.8) is 0 Å². The van der Waals surface area contributed by atoms with Crippen LogP contribution in [0, 0.1) is 0 Å². The van der Waals surface area contributed by atoms with Crippen molar-refractivity contribution in [1.29, 1.82) is 0 Å². The van der Waals surface area contributed by atoms with Gasteiger partial charge >= 0.3 is 0 Å². The second-order valence-electron chi connectivity index (χ2n) is 6.49. The molecule has 1 aliphatic heterocycles. The molecular formula is C19H22Cl2N2O2S2. The molecule has 0 atom stereocenters. The number of benzene rings is 1. The van der Waals surface area contributed by atoms with E-state index in [9.17, 15) is 9.00 Å². The average Bonchev–Trinajstić information content (AvgIpc) is 3.08. The molecule has 1 amide bonds. The summed E-state index contributed by atoms with van der Waals surface area (Å²) in [5, 5.41) is 4.19. The van der Waals surface area contributed by atoms with Crippen molar-refractivity contribution in [3.05, 3.63) is 45.3 Å². The maximum atomic E-state index is 12.2. The van der Waals surface area contributed by atoms with Crippen molar-refractivity contribution >= 4 is 51.2 Å². The molecule has 2 aromatic rings. The van der Waals surface area contributed by atoms with Crippen LogP contribution in [0.3, 0.4) is 0 Å². The summed E-state index contributed by atoms with van der Waals surface area (Å²) in [6.45, 7) is 3.40. The first kappa shape index (κ1) is 20.8. The molecule has 27 heavy (non-hydrogen) atoms. The summed E-state index contributed by atoms with van der Waals surface area (Å²) in [6, 6.07) is 9.42. The number of carbonyl (C=O) groups excluding carboxylic acids is 1. The number of amides is 1. The molecule has 1 fully saturated rings. The summed E-state index contributed by atoms with van der Waals surface area (Å²) in [5.74, 6) is 1.57. The Labute approximate surface area is 176 Å². The Balaban J connectivity index is 1.42. The average molecular weight is 445 g/mol. The number of thiophene rings is 1. The molecule has 0 aliphatic carbocycles. The molecule has 146 valence electrons. The van der Waals surface area contributed by atoms with Gasteiger partial charge in [0.05, 0.1) is 6.42 Å². The molecule has 4 nitrogen and oxygen atoms in total. The Hall–Kier alpha value is -0.920. The standard InChI is InChI=1S/C19H22Cl2N2O2S2/c20-15-10-14(11-16(21)12-15)18-3-2-17(26-18)13-19(24)22-4-1-5-23-6-8-27(25)9-7-23/h2-3,10-12H,1,4-9,13H2,(H,22,24). The lowest BCUT2D eigenvalue weighted by atomic mass is 10.2. The highest BCUT2D eigenvalue weighted by Gasteiger charge is 2.14. The van der Waals surface area contributed by atoms with Crippen molar-refractivity contribution in [3.8, 4) is 10.4 Å². The number of hydrogen-bond donors (Lipinski definition) is 1. The molecule has 1 N–H and O–H groups in total. The number of carbonyl (C=O) groups is 1. The third-order valence-corrected chi connectivity index (χ3v) is 7.23. The fourth-order valence-electron chi connectivity index (χ4n) is 2.97. The topological polar surface area (TPSA) is 49.4 Å². The van der Waals surface area contributed by atoms with Crippen molar-refractivity contribution in [2.75, 3.05) is 37.7 Å². The van der Waals surface area contributed by atoms with E-state index >= 15 is 0 Å².